The topological polar surface area (TPSA) is 61.4 Å². The number of hydrogen-bond donors (Lipinski definition) is 2. The summed E-state index contributed by atoms with van der Waals surface area (Å²) in [5.41, 5.74) is 0. The van der Waals surface area contributed by atoms with Crippen molar-refractivity contribution in [1.29, 1.82) is 0 Å². The van der Waals surface area contributed by atoms with E-state index in [0.717, 1.165) is 18.0 Å². The van der Waals surface area contributed by atoms with Crippen LogP contribution < -0.4 is 10.6 Å². The van der Waals surface area contributed by atoms with Crippen LogP contribution in [0.1, 0.15) is 6.92 Å². The second-order valence-electron chi connectivity index (χ2n) is 4.79. The van der Waals surface area contributed by atoms with Gasteiger partial charge in [0.25, 0.3) is 0 Å². The smallest absolute Gasteiger partial charge is 0.345 e. The van der Waals surface area contributed by atoms with E-state index in [-0.39, 0.29) is 24.3 Å². The van der Waals surface area contributed by atoms with Gasteiger partial charge in [0.2, 0.25) is 11.8 Å². The first-order chi connectivity index (χ1) is 8.70. The zero-order chi connectivity index (χ0) is 14.6. The molecule has 0 saturated carbocycles. The van der Waals surface area contributed by atoms with E-state index in [0.29, 0.717) is 0 Å². The summed E-state index contributed by atoms with van der Waals surface area (Å²) < 4.78 is 35.7. The lowest BCUT2D eigenvalue weighted by Gasteiger charge is -2.33. The molecule has 1 aliphatic rings. The molecule has 0 aromatic carbocycles. The third kappa shape index (κ3) is 5.06. The molecule has 2 amide bonds. The van der Waals surface area contributed by atoms with Gasteiger partial charge < -0.3 is 15.5 Å². The number of alkyl halides is 3. The number of rotatable bonds is 5. The van der Waals surface area contributed by atoms with Crippen LogP contribution in [0.5, 0.6) is 0 Å². The van der Waals surface area contributed by atoms with Gasteiger partial charge in [-0.2, -0.15) is 13.2 Å². The predicted octanol–water partition coefficient (Wildman–Crippen LogP) is -0.0212. The van der Waals surface area contributed by atoms with Crippen LogP contribution in [-0.2, 0) is 9.59 Å². The third-order valence-corrected chi connectivity index (χ3v) is 3.15. The molecule has 1 aliphatic heterocycles. The van der Waals surface area contributed by atoms with E-state index < -0.39 is 18.6 Å². The Morgan fingerprint density at radius 3 is 2.42 bits per heavy atom. The van der Waals surface area contributed by atoms with Crippen molar-refractivity contribution in [3.63, 3.8) is 0 Å². The van der Waals surface area contributed by atoms with Crippen LogP contribution in [0.15, 0.2) is 0 Å². The minimum atomic E-state index is -4.44. The molecule has 0 aliphatic carbocycles. The molecule has 0 spiro atoms. The van der Waals surface area contributed by atoms with Crippen molar-refractivity contribution in [2.75, 3.05) is 33.2 Å². The van der Waals surface area contributed by atoms with E-state index in [9.17, 15) is 22.8 Å². The van der Waals surface area contributed by atoms with Crippen molar-refractivity contribution in [1.82, 2.24) is 15.5 Å². The summed E-state index contributed by atoms with van der Waals surface area (Å²) in [7, 11) is 1.41. The molecule has 1 rings (SSSR count). The van der Waals surface area contributed by atoms with Crippen LogP contribution in [0.3, 0.4) is 0 Å². The highest BCUT2D eigenvalue weighted by atomic mass is 19.4. The fraction of sp³-hybridized carbons (Fsp3) is 0.818. The second-order valence-corrected chi connectivity index (χ2v) is 4.79. The fourth-order valence-corrected chi connectivity index (χ4v) is 1.76. The maximum absolute atomic E-state index is 11.9. The molecule has 19 heavy (non-hydrogen) atoms. The number of nitrogens with one attached hydrogen (secondary N) is 2. The summed E-state index contributed by atoms with van der Waals surface area (Å²) in [6, 6.07) is 0. The highest BCUT2D eigenvalue weighted by Gasteiger charge is 2.32. The van der Waals surface area contributed by atoms with Crippen molar-refractivity contribution < 1.29 is 22.8 Å². The number of hydrogen-bond acceptors (Lipinski definition) is 3. The molecule has 1 saturated heterocycles. The summed E-state index contributed by atoms with van der Waals surface area (Å²) >= 11 is 0. The Bertz CT molecular complexity index is 343. The number of amides is 2. The third-order valence-electron chi connectivity index (χ3n) is 3.15. The van der Waals surface area contributed by atoms with Crippen LogP contribution in [0.4, 0.5) is 13.2 Å². The summed E-state index contributed by atoms with van der Waals surface area (Å²) in [6.45, 7) is 1.52. The van der Waals surface area contributed by atoms with Gasteiger partial charge in [-0.3, -0.25) is 9.59 Å². The number of carbonyl (C=O) groups is 2. The SMILES string of the molecule is CC(C(=O)N(C)CC(=O)NCC(F)(F)F)C1CNC1. The number of nitrogens with zero attached hydrogens (tertiary/aromatic N) is 1. The van der Waals surface area contributed by atoms with E-state index >= 15 is 0 Å². The fourth-order valence-electron chi connectivity index (χ4n) is 1.76. The highest BCUT2D eigenvalue weighted by Crippen LogP contribution is 2.17. The Morgan fingerprint density at radius 2 is 2.00 bits per heavy atom. The van der Waals surface area contributed by atoms with Gasteiger partial charge in [-0.15, -0.1) is 0 Å². The summed E-state index contributed by atoms with van der Waals surface area (Å²) in [5, 5.41) is 4.77. The molecule has 1 atom stereocenters. The highest BCUT2D eigenvalue weighted by molar-refractivity contribution is 5.85. The molecule has 110 valence electrons. The molecule has 8 heteroatoms. The molecular formula is C11H18F3N3O2. The Hall–Kier alpha value is -1.31. The first-order valence-corrected chi connectivity index (χ1v) is 6.00. The van der Waals surface area contributed by atoms with Crippen molar-refractivity contribution in [3.8, 4) is 0 Å². The van der Waals surface area contributed by atoms with E-state index in [4.69, 9.17) is 0 Å². The van der Waals surface area contributed by atoms with Gasteiger partial charge >= 0.3 is 6.18 Å². The van der Waals surface area contributed by atoms with Crippen LogP contribution >= 0.6 is 0 Å². The van der Waals surface area contributed by atoms with Crippen molar-refractivity contribution >= 4 is 11.8 Å². The van der Waals surface area contributed by atoms with Crippen molar-refractivity contribution in [2.45, 2.75) is 13.1 Å². The van der Waals surface area contributed by atoms with Crippen LogP contribution in [0.2, 0.25) is 0 Å². The number of likely N-dealkylation sites (N-methyl/N-ethyl adjacent to an activating group) is 1. The standard InChI is InChI=1S/C11H18F3N3O2/c1-7(8-3-15-4-8)10(19)17(2)5-9(18)16-6-11(12,13)14/h7-8,15H,3-6H2,1-2H3,(H,16,18). The monoisotopic (exact) mass is 281 g/mol. The van der Waals surface area contributed by atoms with Gasteiger partial charge in [-0.1, -0.05) is 6.92 Å². The van der Waals surface area contributed by atoms with Gasteiger partial charge in [0, 0.05) is 13.0 Å². The average Bonchev–Trinajstić information content (AvgIpc) is 2.21. The molecule has 1 unspecified atom stereocenters. The lowest BCUT2D eigenvalue weighted by molar-refractivity contribution is -0.143. The molecule has 1 heterocycles. The van der Waals surface area contributed by atoms with Gasteiger partial charge in [-0.25, -0.2) is 0 Å². The Kier molecular flexibility index (Phi) is 5.16. The second kappa shape index (κ2) is 6.23. The lowest BCUT2D eigenvalue weighted by Crippen LogP contribution is -2.51. The maximum Gasteiger partial charge on any atom is 0.405 e. The van der Waals surface area contributed by atoms with Gasteiger partial charge in [0.15, 0.2) is 0 Å². The molecule has 1 fully saturated rings. The molecule has 2 N–H and O–H groups in total. The zero-order valence-corrected chi connectivity index (χ0v) is 10.9. The average molecular weight is 281 g/mol. The largest absolute Gasteiger partial charge is 0.405 e. The Balaban J connectivity index is 2.34. The minimum Gasteiger partial charge on any atom is -0.345 e. The number of carbonyl (C=O) groups excluding carboxylic acids is 2. The van der Waals surface area contributed by atoms with E-state index in [1.807, 2.05) is 0 Å². The summed E-state index contributed by atoms with van der Waals surface area (Å²) in [5.74, 6) is -1.05. The maximum atomic E-state index is 11.9. The van der Waals surface area contributed by atoms with Crippen LogP contribution in [0, 0.1) is 11.8 Å². The van der Waals surface area contributed by atoms with Crippen molar-refractivity contribution in [2.24, 2.45) is 11.8 Å². The van der Waals surface area contributed by atoms with E-state index in [1.54, 1.807) is 12.2 Å². The molecule has 0 aromatic heterocycles. The molecule has 0 radical (unpaired) electrons. The normalized spacial score (nSPS) is 17.5. The summed E-state index contributed by atoms with van der Waals surface area (Å²) in [6.07, 6.45) is -4.44. The van der Waals surface area contributed by atoms with Gasteiger partial charge in [0.1, 0.15) is 6.54 Å². The quantitative estimate of drug-likeness (QED) is 0.744. The first-order valence-electron chi connectivity index (χ1n) is 6.00. The van der Waals surface area contributed by atoms with E-state index in [1.165, 1.54) is 7.05 Å². The summed E-state index contributed by atoms with van der Waals surface area (Å²) in [4.78, 5) is 24.3. The molecule has 0 aromatic rings. The van der Waals surface area contributed by atoms with Gasteiger partial charge in [0.05, 0.1) is 6.54 Å². The van der Waals surface area contributed by atoms with E-state index in [2.05, 4.69) is 5.32 Å². The number of halogens is 3. The van der Waals surface area contributed by atoms with Crippen molar-refractivity contribution in [3.05, 3.63) is 0 Å². The molecule has 0 bridgehead atoms. The molecular weight excluding hydrogens is 263 g/mol. The van der Waals surface area contributed by atoms with Crippen LogP contribution in [0.25, 0.3) is 0 Å². The first kappa shape index (κ1) is 15.7. The Morgan fingerprint density at radius 1 is 1.42 bits per heavy atom. The zero-order valence-electron chi connectivity index (χ0n) is 10.9. The molecule has 5 nitrogen and oxygen atoms in total. The lowest BCUT2D eigenvalue weighted by atomic mass is 9.88. The van der Waals surface area contributed by atoms with Crippen LogP contribution in [-0.4, -0.2) is 56.1 Å². The van der Waals surface area contributed by atoms with Gasteiger partial charge in [-0.05, 0) is 19.0 Å². The Labute approximate surface area is 109 Å². The predicted molar refractivity (Wildman–Crippen MR) is 62.2 cm³/mol. The minimum absolute atomic E-state index is 0.228.